The fourth-order valence-electron chi connectivity index (χ4n) is 1.30. The zero-order chi connectivity index (χ0) is 14.4. The number of aliphatic hydroxyl groups excluding tert-OH is 1. The summed E-state index contributed by atoms with van der Waals surface area (Å²) in [5.41, 5.74) is -0.0911. The van der Waals surface area contributed by atoms with E-state index in [4.69, 9.17) is 5.11 Å². The third kappa shape index (κ3) is 4.60. The summed E-state index contributed by atoms with van der Waals surface area (Å²) in [4.78, 5) is 23.1. The van der Waals surface area contributed by atoms with Crippen molar-refractivity contribution in [2.75, 3.05) is 11.9 Å². The Labute approximate surface area is 118 Å². The Morgan fingerprint density at radius 2 is 2.11 bits per heavy atom. The molecule has 104 valence electrons. The molecule has 1 aromatic rings. The van der Waals surface area contributed by atoms with Crippen molar-refractivity contribution in [2.45, 2.75) is 19.4 Å². The lowest BCUT2D eigenvalue weighted by Gasteiger charge is -2.13. The fraction of sp³-hybridized carbons (Fsp3) is 0.333. The summed E-state index contributed by atoms with van der Waals surface area (Å²) in [5.74, 6) is -2.54. The number of carbonyl (C=O) groups excluding carboxylic acids is 2. The highest BCUT2D eigenvalue weighted by Crippen LogP contribution is 2.19. The lowest BCUT2D eigenvalue weighted by Crippen LogP contribution is -2.43. The number of amides is 2. The molecule has 1 aromatic carbocycles. The van der Waals surface area contributed by atoms with E-state index in [0.29, 0.717) is 10.9 Å². The normalized spacial score (nSPS) is 11.8. The zero-order valence-electron chi connectivity index (χ0n) is 10.2. The van der Waals surface area contributed by atoms with Gasteiger partial charge in [0, 0.05) is 4.47 Å². The van der Waals surface area contributed by atoms with Gasteiger partial charge in [-0.1, -0.05) is 22.9 Å². The summed E-state index contributed by atoms with van der Waals surface area (Å²) in [6.45, 7) is 1.49. The standard InChI is InChI=1S/C12H14BrFN2O3/c1-2-8(6-17)15-11(18)12(19)16-10-5-7(13)3-4-9(10)14/h3-5,8,17H,2,6H2,1H3,(H,15,18)(H,16,19). The number of halogens is 2. The van der Waals surface area contributed by atoms with Gasteiger partial charge in [0.15, 0.2) is 0 Å². The second-order valence-electron chi connectivity index (χ2n) is 3.84. The third-order valence-electron chi connectivity index (χ3n) is 2.43. The SMILES string of the molecule is CCC(CO)NC(=O)C(=O)Nc1cc(Br)ccc1F. The molecule has 1 unspecified atom stereocenters. The Morgan fingerprint density at radius 3 is 2.68 bits per heavy atom. The molecule has 0 fully saturated rings. The first-order chi connectivity index (χ1) is 8.97. The molecule has 1 atom stereocenters. The first-order valence-electron chi connectivity index (χ1n) is 5.65. The molecule has 0 aromatic heterocycles. The topological polar surface area (TPSA) is 78.4 Å². The van der Waals surface area contributed by atoms with Gasteiger partial charge in [-0.2, -0.15) is 0 Å². The van der Waals surface area contributed by atoms with Crippen molar-refractivity contribution in [2.24, 2.45) is 0 Å². The number of hydrogen-bond acceptors (Lipinski definition) is 3. The lowest BCUT2D eigenvalue weighted by molar-refractivity contribution is -0.136. The van der Waals surface area contributed by atoms with Crippen LogP contribution >= 0.6 is 15.9 Å². The molecular weight excluding hydrogens is 319 g/mol. The van der Waals surface area contributed by atoms with Gasteiger partial charge in [-0.3, -0.25) is 9.59 Å². The Kier molecular flexibility index (Phi) is 5.91. The molecule has 5 nitrogen and oxygen atoms in total. The van der Waals surface area contributed by atoms with E-state index in [1.807, 2.05) is 0 Å². The summed E-state index contributed by atoms with van der Waals surface area (Å²) in [7, 11) is 0. The minimum atomic E-state index is -0.982. The van der Waals surface area contributed by atoms with E-state index in [9.17, 15) is 14.0 Å². The van der Waals surface area contributed by atoms with Gasteiger partial charge < -0.3 is 15.7 Å². The predicted molar refractivity (Wildman–Crippen MR) is 72.0 cm³/mol. The molecule has 0 spiro atoms. The van der Waals surface area contributed by atoms with Gasteiger partial charge in [0.1, 0.15) is 5.82 Å². The van der Waals surface area contributed by atoms with Gasteiger partial charge in [-0.15, -0.1) is 0 Å². The van der Waals surface area contributed by atoms with Crippen LogP contribution < -0.4 is 10.6 Å². The number of anilines is 1. The van der Waals surface area contributed by atoms with Gasteiger partial charge in [-0.25, -0.2) is 4.39 Å². The van der Waals surface area contributed by atoms with Gasteiger partial charge >= 0.3 is 11.8 Å². The molecule has 1 rings (SSSR count). The minimum absolute atomic E-state index is 0.0911. The molecule has 0 aliphatic rings. The Morgan fingerprint density at radius 1 is 1.42 bits per heavy atom. The average molecular weight is 333 g/mol. The van der Waals surface area contributed by atoms with Crippen LogP contribution in [-0.4, -0.2) is 29.6 Å². The van der Waals surface area contributed by atoms with E-state index in [0.717, 1.165) is 0 Å². The molecule has 0 aliphatic heterocycles. The zero-order valence-corrected chi connectivity index (χ0v) is 11.8. The molecule has 0 saturated carbocycles. The van der Waals surface area contributed by atoms with Crippen LogP contribution in [0.5, 0.6) is 0 Å². The molecule has 2 amide bonds. The van der Waals surface area contributed by atoms with Crippen molar-refractivity contribution in [3.8, 4) is 0 Å². The monoisotopic (exact) mass is 332 g/mol. The van der Waals surface area contributed by atoms with E-state index in [1.165, 1.54) is 18.2 Å². The molecule has 0 bridgehead atoms. The second-order valence-corrected chi connectivity index (χ2v) is 4.76. The highest BCUT2D eigenvalue weighted by Gasteiger charge is 2.18. The van der Waals surface area contributed by atoms with Crippen LogP contribution in [0, 0.1) is 5.82 Å². The molecule has 0 saturated heterocycles. The van der Waals surface area contributed by atoms with Crippen LogP contribution in [0.4, 0.5) is 10.1 Å². The van der Waals surface area contributed by atoms with E-state index < -0.39 is 23.7 Å². The van der Waals surface area contributed by atoms with Crippen molar-refractivity contribution in [1.29, 1.82) is 0 Å². The van der Waals surface area contributed by atoms with Gasteiger partial charge in [0.2, 0.25) is 0 Å². The Balaban J connectivity index is 2.69. The number of nitrogens with one attached hydrogen (secondary N) is 2. The third-order valence-corrected chi connectivity index (χ3v) is 2.92. The maximum atomic E-state index is 13.4. The van der Waals surface area contributed by atoms with Crippen LogP contribution in [0.3, 0.4) is 0 Å². The Hall–Kier alpha value is -1.47. The van der Waals surface area contributed by atoms with Gasteiger partial charge in [0.25, 0.3) is 0 Å². The smallest absolute Gasteiger partial charge is 0.313 e. The first-order valence-corrected chi connectivity index (χ1v) is 6.45. The van der Waals surface area contributed by atoms with E-state index in [-0.39, 0.29) is 12.3 Å². The van der Waals surface area contributed by atoms with Crippen LogP contribution in [0.15, 0.2) is 22.7 Å². The summed E-state index contributed by atoms with van der Waals surface area (Å²) in [6, 6.07) is 3.50. The summed E-state index contributed by atoms with van der Waals surface area (Å²) in [6.07, 6.45) is 0.487. The van der Waals surface area contributed by atoms with Crippen LogP contribution in [0.2, 0.25) is 0 Å². The molecule has 0 aliphatic carbocycles. The largest absolute Gasteiger partial charge is 0.394 e. The maximum absolute atomic E-state index is 13.4. The van der Waals surface area contributed by atoms with Crippen LogP contribution in [-0.2, 0) is 9.59 Å². The maximum Gasteiger partial charge on any atom is 0.313 e. The average Bonchev–Trinajstić information content (AvgIpc) is 2.39. The van der Waals surface area contributed by atoms with E-state index in [1.54, 1.807) is 6.92 Å². The fourth-order valence-corrected chi connectivity index (χ4v) is 1.66. The van der Waals surface area contributed by atoms with E-state index in [2.05, 4.69) is 26.6 Å². The van der Waals surface area contributed by atoms with Crippen LogP contribution in [0.1, 0.15) is 13.3 Å². The molecule has 0 heterocycles. The van der Waals surface area contributed by atoms with E-state index >= 15 is 0 Å². The number of hydrogen-bond donors (Lipinski definition) is 3. The number of carbonyl (C=O) groups is 2. The second kappa shape index (κ2) is 7.20. The highest BCUT2D eigenvalue weighted by atomic mass is 79.9. The van der Waals surface area contributed by atoms with Crippen molar-refractivity contribution in [3.05, 3.63) is 28.5 Å². The molecule has 7 heteroatoms. The predicted octanol–water partition coefficient (Wildman–Crippen LogP) is 1.41. The number of benzene rings is 1. The van der Waals surface area contributed by atoms with Crippen molar-refractivity contribution >= 4 is 33.4 Å². The molecule has 19 heavy (non-hydrogen) atoms. The molecular formula is C12H14BrFN2O3. The summed E-state index contributed by atoms with van der Waals surface area (Å²) in [5, 5.41) is 13.4. The van der Waals surface area contributed by atoms with Crippen LogP contribution in [0.25, 0.3) is 0 Å². The molecule has 3 N–H and O–H groups in total. The Bertz CT molecular complexity index is 478. The number of rotatable bonds is 4. The highest BCUT2D eigenvalue weighted by molar-refractivity contribution is 9.10. The van der Waals surface area contributed by atoms with Crippen molar-refractivity contribution in [1.82, 2.24) is 5.32 Å². The minimum Gasteiger partial charge on any atom is -0.394 e. The summed E-state index contributed by atoms with van der Waals surface area (Å²) < 4.78 is 14.0. The quantitative estimate of drug-likeness (QED) is 0.729. The van der Waals surface area contributed by atoms with Crippen molar-refractivity contribution < 1.29 is 19.1 Å². The van der Waals surface area contributed by atoms with Gasteiger partial charge in [0.05, 0.1) is 18.3 Å². The summed E-state index contributed by atoms with van der Waals surface area (Å²) >= 11 is 3.13. The van der Waals surface area contributed by atoms with Gasteiger partial charge in [-0.05, 0) is 24.6 Å². The molecule has 0 radical (unpaired) electrons. The lowest BCUT2D eigenvalue weighted by atomic mass is 10.2. The van der Waals surface area contributed by atoms with Crippen molar-refractivity contribution in [3.63, 3.8) is 0 Å². The number of aliphatic hydroxyl groups is 1. The first kappa shape index (κ1) is 15.6.